The highest BCUT2D eigenvalue weighted by molar-refractivity contribution is 4.89. The highest BCUT2D eigenvalue weighted by Gasteiger charge is 2.34. The predicted molar refractivity (Wildman–Crippen MR) is 79.0 cm³/mol. The van der Waals surface area contributed by atoms with E-state index < -0.39 is 0 Å². The van der Waals surface area contributed by atoms with Gasteiger partial charge < -0.3 is 10.1 Å². The minimum Gasteiger partial charge on any atom is -0.375 e. The molecule has 0 saturated carbocycles. The summed E-state index contributed by atoms with van der Waals surface area (Å²) in [7, 11) is 0. The summed E-state index contributed by atoms with van der Waals surface area (Å²) in [4.78, 5) is 0. The number of unbranched alkanes of at least 4 members (excludes halogenated alkanes) is 1. The molecule has 1 rings (SSSR count). The van der Waals surface area contributed by atoms with Crippen molar-refractivity contribution in [3.63, 3.8) is 0 Å². The van der Waals surface area contributed by atoms with Crippen LogP contribution in [0, 0.1) is 0 Å². The zero-order valence-corrected chi connectivity index (χ0v) is 12.9. The van der Waals surface area contributed by atoms with E-state index in [4.69, 9.17) is 4.74 Å². The van der Waals surface area contributed by atoms with Gasteiger partial charge in [0, 0.05) is 18.7 Å². The monoisotopic (exact) mass is 255 g/mol. The molecule has 1 fully saturated rings. The Morgan fingerprint density at radius 3 is 2.50 bits per heavy atom. The summed E-state index contributed by atoms with van der Waals surface area (Å²) in [6, 6.07) is 1.37. The van der Waals surface area contributed by atoms with E-state index >= 15 is 0 Å². The maximum absolute atomic E-state index is 6.05. The van der Waals surface area contributed by atoms with Gasteiger partial charge in [0.05, 0.1) is 5.60 Å². The van der Waals surface area contributed by atoms with Crippen molar-refractivity contribution in [2.45, 2.75) is 96.7 Å². The van der Waals surface area contributed by atoms with E-state index in [1.54, 1.807) is 0 Å². The van der Waals surface area contributed by atoms with Crippen LogP contribution in [0.2, 0.25) is 0 Å². The summed E-state index contributed by atoms with van der Waals surface area (Å²) in [6.45, 7) is 10.0. The molecule has 108 valence electrons. The first-order valence-corrected chi connectivity index (χ1v) is 8.09. The third kappa shape index (κ3) is 4.55. The first-order valence-electron chi connectivity index (χ1n) is 8.09. The molecule has 0 aliphatic carbocycles. The molecular weight excluding hydrogens is 222 g/mol. The number of ether oxygens (including phenoxy) is 1. The summed E-state index contributed by atoms with van der Waals surface area (Å²) in [5.74, 6) is 0. The first-order chi connectivity index (χ1) is 8.69. The average Bonchev–Trinajstić information content (AvgIpc) is 2.43. The van der Waals surface area contributed by atoms with E-state index in [9.17, 15) is 0 Å². The van der Waals surface area contributed by atoms with Crippen molar-refractivity contribution in [1.29, 1.82) is 0 Å². The fraction of sp³-hybridized carbons (Fsp3) is 1.00. The van der Waals surface area contributed by atoms with Crippen LogP contribution in [-0.2, 0) is 4.74 Å². The molecule has 0 amide bonds. The fourth-order valence-corrected chi connectivity index (χ4v) is 3.10. The third-order valence-electron chi connectivity index (χ3n) is 4.65. The lowest BCUT2D eigenvalue weighted by atomic mass is 9.85. The Morgan fingerprint density at radius 2 is 1.94 bits per heavy atom. The van der Waals surface area contributed by atoms with E-state index in [1.165, 1.54) is 38.5 Å². The molecule has 0 bridgehead atoms. The Bertz CT molecular complexity index is 213. The smallest absolute Gasteiger partial charge is 0.0692 e. The minimum absolute atomic E-state index is 0.152. The second-order valence-corrected chi connectivity index (χ2v) is 5.84. The van der Waals surface area contributed by atoms with Crippen molar-refractivity contribution in [2.24, 2.45) is 0 Å². The lowest BCUT2D eigenvalue weighted by Crippen LogP contribution is -2.49. The number of hydrogen-bond donors (Lipinski definition) is 1. The maximum atomic E-state index is 6.05. The minimum atomic E-state index is 0.152. The van der Waals surface area contributed by atoms with Gasteiger partial charge >= 0.3 is 0 Å². The van der Waals surface area contributed by atoms with Crippen LogP contribution in [0.3, 0.4) is 0 Å². The molecule has 2 heteroatoms. The molecule has 18 heavy (non-hydrogen) atoms. The molecule has 0 aromatic rings. The second-order valence-electron chi connectivity index (χ2n) is 5.84. The van der Waals surface area contributed by atoms with Crippen molar-refractivity contribution in [1.82, 2.24) is 5.32 Å². The topological polar surface area (TPSA) is 21.3 Å². The van der Waals surface area contributed by atoms with Crippen LogP contribution in [0.4, 0.5) is 0 Å². The lowest BCUT2D eigenvalue weighted by molar-refractivity contribution is -0.0942. The molecule has 1 saturated heterocycles. The lowest BCUT2D eigenvalue weighted by Gasteiger charge is -2.41. The van der Waals surface area contributed by atoms with Gasteiger partial charge in [-0.3, -0.25) is 0 Å². The van der Waals surface area contributed by atoms with E-state index in [0.717, 1.165) is 19.4 Å². The highest BCUT2D eigenvalue weighted by atomic mass is 16.5. The van der Waals surface area contributed by atoms with Gasteiger partial charge in [-0.1, -0.05) is 40.5 Å². The average molecular weight is 255 g/mol. The number of hydrogen-bond acceptors (Lipinski definition) is 2. The molecule has 2 nitrogen and oxygen atoms in total. The molecule has 0 radical (unpaired) electrons. The Kier molecular flexibility index (Phi) is 7.25. The van der Waals surface area contributed by atoms with E-state index in [-0.39, 0.29) is 5.60 Å². The van der Waals surface area contributed by atoms with Crippen LogP contribution in [0.25, 0.3) is 0 Å². The zero-order valence-electron chi connectivity index (χ0n) is 12.9. The van der Waals surface area contributed by atoms with Crippen LogP contribution in [0.15, 0.2) is 0 Å². The summed E-state index contributed by atoms with van der Waals surface area (Å²) < 4.78 is 6.05. The van der Waals surface area contributed by atoms with Gasteiger partial charge in [0.2, 0.25) is 0 Å². The first kappa shape index (κ1) is 16.0. The van der Waals surface area contributed by atoms with Crippen LogP contribution < -0.4 is 5.32 Å². The normalized spacial score (nSPS) is 25.0. The maximum Gasteiger partial charge on any atom is 0.0692 e. The van der Waals surface area contributed by atoms with E-state index in [0.29, 0.717) is 12.1 Å². The van der Waals surface area contributed by atoms with Gasteiger partial charge in [0.25, 0.3) is 0 Å². The SMILES string of the molecule is CCCCC(CC)NC1CCOC(CC)(CC)C1. The summed E-state index contributed by atoms with van der Waals surface area (Å²) >= 11 is 0. The summed E-state index contributed by atoms with van der Waals surface area (Å²) in [5.41, 5.74) is 0.152. The summed E-state index contributed by atoms with van der Waals surface area (Å²) in [6.07, 6.45) is 9.91. The highest BCUT2D eigenvalue weighted by Crippen LogP contribution is 2.31. The molecule has 2 unspecified atom stereocenters. The van der Waals surface area contributed by atoms with Gasteiger partial charge in [0.1, 0.15) is 0 Å². The van der Waals surface area contributed by atoms with Gasteiger partial charge in [-0.2, -0.15) is 0 Å². The van der Waals surface area contributed by atoms with E-state index in [2.05, 4.69) is 33.0 Å². The number of nitrogens with one attached hydrogen (secondary N) is 1. The van der Waals surface area contributed by atoms with Crippen molar-refractivity contribution in [3.8, 4) is 0 Å². The van der Waals surface area contributed by atoms with Crippen LogP contribution in [0.1, 0.15) is 79.1 Å². The Balaban J connectivity index is 2.45. The summed E-state index contributed by atoms with van der Waals surface area (Å²) in [5, 5.41) is 3.88. The Hall–Kier alpha value is -0.0800. The van der Waals surface area contributed by atoms with Crippen LogP contribution >= 0.6 is 0 Å². The molecule has 0 spiro atoms. The molecule has 1 aliphatic heterocycles. The molecular formula is C16H33NO. The van der Waals surface area contributed by atoms with Crippen molar-refractivity contribution in [2.75, 3.05) is 6.61 Å². The van der Waals surface area contributed by atoms with Crippen molar-refractivity contribution < 1.29 is 4.74 Å². The van der Waals surface area contributed by atoms with Crippen molar-refractivity contribution >= 4 is 0 Å². The molecule has 0 aromatic heterocycles. The Morgan fingerprint density at radius 1 is 1.22 bits per heavy atom. The van der Waals surface area contributed by atoms with Crippen LogP contribution in [0.5, 0.6) is 0 Å². The third-order valence-corrected chi connectivity index (χ3v) is 4.65. The molecule has 1 heterocycles. The molecule has 1 aliphatic rings. The molecule has 2 atom stereocenters. The zero-order chi connectivity index (χ0) is 13.4. The van der Waals surface area contributed by atoms with Gasteiger partial charge in [-0.05, 0) is 38.5 Å². The second kappa shape index (κ2) is 8.16. The fourth-order valence-electron chi connectivity index (χ4n) is 3.10. The Labute approximate surface area is 114 Å². The van der Waals surface area contributed by atoms with Gasteiger partial charge in [-0.15, -0.1) is 0 Å². The van der Waals surface area contributed by atoms with Gasteiger partial charge in [-0.25, -0.2) is 0 Å². The van der Waals surface area contributed by atoms with E-state index in [1.807, 2.05) is 0 Å². The van der Waals surface area contributed by atoms with Crippen molar-refractivity contribution in [3.05, 3.63) is 0 Å². The molecule has 0 aromatic carbocycles. The van der Waals surface area contributed by atoms with Crippen LogP contribution in [-0.4, -0.2) is 24.3 Å². The quantitative estimate of drug-likeness (QED) is 0.699. The molecule has 1 N–H and O–H groups in total. The van der Waals surface area contributed by atoms with Gasteiger partial charge in [0.15, 0.2) is 0 Å². The standard InChI is InChI=1S/C16H33NO/c1-5-9-10-14(6-2)17-15-11-12-18-16(7-3,8-4)13-15/h14-15,17H,5-13H2,1-4H3. The number of rotatable bonds is 8. The predicted octanol–water partition coefficient (Wildman–Crippen LogP) is 4.28. The largest absolute Gasteiger partial charge is 0.375 e.